The maximum absolute atomic E-state index is 13.0. The highest BCUT2D eigenvalue weighted by Gasteiger charge is 2.31. The molecule has 27 heavy (non-hydrogen) atoms. The highest BCUT2D eigenvalue weighted by Crippen LogP contribution is 2.33. The number of rotatable bonds is 4. The lowest BCUT2D eigenvalue weighted by molar-refractivity contribution is 0.0781. The highest BCUT2D eigenvalue weighted by atomic mass is 35.5. The number of H-pyrrole nitrogens is 1. The SMILES string of the molecule is COc1c(-c2ccnnc2)n[nH]c1C(=O)N1CCC(c2ccc(Cl)cc2)C1. The summed E-state index contributed by atoms with van der Waals surface area (Å²) in [7, 11) is 1.53. The van der Waals surface area contributed by atoms with Crippen molar-refractivity contribution in [3.8, 4) is 17.0 Å². The van der Waals surface area contributed by atoms with Gasteiger partial charge in [-0.05, 0) is 30.2 Å². The Balaban J connectivity index is 1.55. The van der Waals surface area contributed by atoms with Gasteiger partial charge in [0.25, 0.3) is 5.91 Å². The van der Waals surface area contributed by atoms with Crippen molar-refractivity contribution in [1.82, 2.24) is 25.3 Å². The van der Waals surface area contributed by atoms with E-state index >= 15 is 0 Å². The van der Waals surface area contributed by atoms with Crippen LogP contribution in [0.5, 0.6) is 5.75 Å². The number of nitrogens with one attached hydrogen (secondary N) is 1. The summed E-state index contributed by atoms with van der Waals surface area (Å²) in [5.74, 6) is 0.594. The van der Waals surface area contributed by atoms with Crippen LogP contribution in [0.2, 0.25) is 5.02 Å². The van der Waals surface area contributed by atoms with Crippen LogP contribution in [0.25, 0.3) is 11.3 Å². The molecule has 1 amide bonds. The predicted molar refractivity (Wildman–Crippen MR) is 101 cm³/mol. The van der Waals surface area contributed by atoms with Crippen molar-refractivity contribution in [3.05, 3.63) is 59.0 Å². The van der Waals surface area contributed by atoms with Gasteiger partial charge in [0.2, 0.25) is 0 Å². The van der Waals surface area contributed by atoms with Crippen LogP contribution in [0.3, 0.4) is 0 Å². The first-order valence-corrected chi connectivity index (χ1v) is 8.99. The molecule has 8 heteroatoms. The van der Waals surface area contributed by atoms with Crippen molar-refractivity contribution in [3.63, 3.8) is 0 Å². The Kier molecular flexibility index (Phi) is 4.77. The first-order chi connectivity index (χ1) is 13.2. The minimum absolute atomic E-state index is 0.121. The molecular weight excluding hydrogens is 366 g/mol. The molecule has 2 aromatic heterocycles. The van der Waals surface area contributed by atoms with E-state index in [1.165, 1.54) is 12.7 Å². The molecule has 1 N–H and O–H groups in total. The van der Waals surface area contributed by atoms with Crippen LogP contribution in [-0.4, -0.2) is 51.4 Å². The van der Waals surface area contributed by atoms with Gasteiger partial charge in [-0.1, -0.05) is 23.7 Å². The highest BCUT2D eigenvalue weighted by molar-refractivity contribution is 6.30. The summed E-state index contributed by atoms with van der Waals surface area (Å²) in [6.07, 6.45) is 4.06. The van der Waals surface area contributed by atoms with E-state index in [1.54, 1.807) is 18.5 Å². The fourth-order valence-electron chi connectivity index (χ4n) is 3.41. The van der Waals surface area contributed by atoms with Crippen LogP contribution in [0.4, 0.5) is 0 Å². The molecule has 4 rings (SSSR count). The predicted octanol–water partition coefficient (Wildman–Crippen LogP) is 3.16. The lowest BCUT2D eigenvalue weighted by atomic mass is 9.99. The van der Waals surface area contributed by atoms with Crippen molar-refractivity contribution in [2.45, 2.75) is 12.3 Å². The molecule has 0 saturated carbocycles. The molecule has 3 heterocycles. The summed E-state index contributed by atoms with van der Waals surface area (Å²) in [5.41, 5.74) is 2.82. The van der Waals surface area contributed by atoms with E-state index in [0.29, 0.717) is 41.2 Å². The largest absolute Gasteiger partial charge is 0.492 e. The summed E-state index contributed by atoms with van der Waals surface area (Å²) < 4.78 is 5.47. The first-order valence-electron chi connectivity index (χ1n) is 8.61. The number of amides is 1. The molecule has 1 aliphatic rings. The van der Waals surface area contributed by atoms with Crippen LogP contribution in [0, 0.1) is 0 Å². The third-order valence-corrected chi connectivity index (χ3v) is 5.07. The number of benzene rings is 1. The smallest absolute Gasteiger partial charge is 0.275 e. The van der Waals surface area contributed by atoms with E-state index in [1.807, 2.05) is 29.2 Å². The molecular formula is C19H18ClN5O2. The minimum Gasteiger partial charge on any atom is -0.492 e. The molecule has 0 radical (unpaired) electrons. The number of carbonyl (C=O) groups excluding carboxylic acids is 1. The topological polar surface area (TPSA) is 84.0 Å². The zero-order chi connectivity index (χ0) is 18.8. The third-order valence-electron chi connectivity index (χ3n) is 4.81. The molecule has 0 aliphatic carbocycles. The number of likely N-dealkylation sites (tertiary alicyclic amines) is 1. The lowest BCUT2D eigenvalue weighted by Crippen LogP contribution is -2.29. The molecule has 1 aromatic carbocycles. The number of halogens is 1. The van der Waals surface area contributed by atoms with E-state index in [2.05, 4.69) is 20.4 Å². The van der Waals surface area contributed by atoms with Gasteiger partial charge in [0.1, 0.15) is 5.69 Å². The maximum Gasteiger partial charge on any atom is 0.275 e. The van der Waals surface area contributed by atoms with Gasteiger partial charge in [-0.2, -0.15) is 15.3 Å². The van der Waals surface area contributed by atoms with Crippen LogP contribution in [0.15, 0.2) is 42.7 Å². The molecule has 1 unspecified atom stereocenters. The van der Waals surface area contributed by atoms with E-state index < -0.39 is 0 Å². The average Bonchev–Trinajstić information content (AvgIpc) is 3.36. The Bertz CT molecular complexity index is 942. The molecule has 3 aromatic rings. The number of aromatic amines is 1. The van der Waals surface area contributed by atoms with Crippen LogP contribution >= 0.6 is 11.6 Å². The normalized spacial score (nSPS) is 16.5. The lowest BCUT2D eigenvalue weighted by Gasteiger charge is -2.16. The number of hydrogen-bond acceptors (Lipinski definition) is 5. The van der Waals surface area contributed by atoms with Crippen LogP contribution < -0.4 is 4.74 Å². The van der Waals surface area contributed by atoms with Crippen molar-refractivity contribution >= 4 is 17.5 Å². The second-order valence-corrected chi connectivity index (χ2v) is 6.84. The molecule has 138 valence electrons. The van der Waals surface area contributed by atoms with Gasteiger partial charge in [0.15, 0.2) is 11.4 Å². The molecule has 1 fully saturated rings. The van der Waals surface area contributed by atoms with Gasteiger partial charge in [-0.3, -0.25) is 9.89 Å². The standard InChI is InChI=1S/C19H18ClN5O2/c1-27-18-16(13-6-8-21-22-10-13)23-24-17(18)19(26)25-9-7-14(11-25)12-2-4-15(20)5-3-12/h2-6,8,10,14H,7,9,11H2,1H3,(H,23,24). The Labute approximate surface area is 161 Å². The van der Waals surface area contributed by atoms with E-state index in [-0.39, 0.29) is 5.91 Å². The number of methoxy groups -OCH3 is 1. The summed E-state index contributed by atoms with van der Waals surface area (Å²) in [6.45, 7) is 1.33. The van der Waals surface area contributed by atoms with Gasteiger partial charge in [-0.25, -0.2) is 0 Å². The maximum atomic E-state index is 13.0. The quantitative estimate of drug-likeness (QED) is 0.748. The van der Waals surface area contributed by atoms with Crippen molar-refractivity contribution < 1.29 is 9.53 Å². The third kappa shape index (κ3) is 3.38. The molecule has 0 bridgehead atoms. The fourth-order valence-corrected chi connectivity index (χ4v) is 3.54. The fraction of sp³-hybridized carbons (Fsp3) is 0.263. The summed E-state index contributed by atoms with van der Waals surface area (Å²) in [6, 6.07) is 9.58. The molecule has 0 spiro atoms. The number of ether oxygens (including phenoxy) is 1. The molecule has 7 nitrogen and oxygen atoms in total. The van der Waals surface area contributed by atoms with Gasteiger partial charge >= 0.3 is 0 Å². The Hall–Kier alpha value is -2.93. The Morgan fingerprint density at radius 3 is 2.78 bits per heavy atom. The summed E-state index contributed by atoms with van der Waals surface area (Å²) in [5, 5.41) is 15.4. The first kappa shape index (κ1) is 17.5. The second kappa shape index (κ2) is 7.36. The molecule has 1 saturated heterocycles. The second-order valence-electron chi connectivity index (χ2n) is 6.40. The average molecular weight is 384 g/mol. The molecule has 1 aliphatic heterocycles. The number of hydrogen-bond donors (Lipinski definition) is 1. The number of nitrogens with zero attached hydrogens (tertiary/aromatic N) is 4. The van der Waals surface area contributed by atoms with E-state index in [9.17, 15) is 4.79 Å². The Morgan fingerprint density at radius 1 is 1.26 bits per heavy atom. The minimum atomic E-state index is -0.121. The zero-order valence-electron chi connectivity index (χ0n) is 14.7. The van der Waals surface area contributed by atoms with Crippen LogP contribution in [-0.2, 0) is 0 Å². The van der Waals surface area contributed by atoms with E-state index in [4.69, 9.17) is 16.3 Å². The van der Waals surface area contributed by atoms with Crippen molar-refractivity contribution in [2.75, 3.05) is 20.2 Å². The van der Waals surface area contributed by atoms with Crippen molar-refractivity contribution in [1.29, 1.82) is 0 Å². The Morgan fingerprint density at radius 2 is 2.07 bits per heavy atom. The van der Waals surface area contributed by atoms with Gasteiger partial charge in [-0.15, -0.1) is 0 Å². The van der Waals surface area contributed by atoms with Crippen LogP contribution in [0.1, 0.15) is 28.4 Å². The monoisotopic (exact) mass is 383 g/mol. The van der Waals surface area contributed by atoms with Gasteiger partial charge < -0.3 is 9.64 Å². The van der Waals surface area contributed by atoms with Crippen molar-refractivity contribution in [2.24, 2.45) is 0 Å². The summed E-state index contributed by atoms with van der Waals surface area (Å²) in [4.78, 5) is 14.9. The summed E-state index contributed by atoms with van der Waals surface area (Å²) >= 11 is 5.97. The van der Waals surface area contributed by atoms with E-state index in [0.717, 1.165) is 12.0 Å². The number of carbonyl (C=O) groups is 1. The zero-order valence-corrected chi connectivity index (χ0v) is 15.5. The number of aromatic nitrogens is 4. The van der Waals surface area contributed by atoms with Gasteiger partial charge in [0.05, 0.1) is 19.5 Å². The van der Waals surface area contributed by atoms with Gasteiger partial charge in [0, 0.05) is 29.6 Å². The molecule has 1 atom stereocenters.